The third kappa shape index (κ3) is 6.39. The Labute approximate surface area is 147 Å². The molecule has 0 radical (unpaired) electrons. The molecular weight excluding hydrogens is 367 g/mol. The summed E-state index contributed by atoms with van der Waals surface area (Å²) >= 11 is 0. The number of nitrogens with two attached hydrogens (primary N) is 1. The number of nitrogens with zero attached hydrogens (tertiary/aromatic N) is 1. The van der Waals surface area contributed by atoms with E-state index >= 15 is 0 Å². The number of nitro groups is 1. The first-order valence-electron chi connectivity index (χ1n) is 7.19. The van der Waals surface area contributed by atoms with E-state index in [4.69, 9.17) is 5.73 Å². The van der Waals surface area contributed by atoms with E-state index in [0.29, 0.717) is 5.92 Å². The number of nitro benzene ring substituents is 1. The molecule has 2 rings (SSSR count). The van der Waals surface area contributed by atoms with Crippen molar-refractivity contribution in [3.63, 3.8) is 0 Å². The number of alkyl halides is 3. The van der Waals surface area contributed by atoms with Crippen molar-refractivity contribution in [3.8, 4) is 5.75 Å². The maximum absolute atomic E-state index is 12.2. The Kier molecular flexibility index (Phi) is 7.00. The minimum Gasteiger partial charge on any atom is -0.484 e. The number of rotatable bonds is 7. The highest BCUT2D eigenvalue weighted by Gasteiger charge is 2.30. The van der Waals surface area contributed by atoms with Gasteiger partial charge in [-0.25, -0.2) is 0 Å². The Balaban J connectivity index is 0.00000312. The van der Waals surface area contributed by atoms with Gasteiger partial charge in [-0.15, -0.1) is 12.4 Å². The fraction of sp³-hybridized carbons (Fsp3) is 0.500. The molecule has 0 aromatic heterocycles. The minimum atomic E-state index is -4.55. The zero-order chi connectivity index (χ0) is 17.9. The summed E-state index contributed by atoms with van der Waals surface area (Å²) in [6.07, 6.45) is -2.61. The summed E-state index contributed by atoms with van der Waals surface area (Å²) in [6, 6.07) is 2.61. The van der Waals surface area contributed by atoms with E-state index in [9.17, 15) is 28.1 Å². The average Bonchev–Trinajstić information content (AvgIpc) is 3.34. The molecule has 25 heavy (non-hydrogen) atoms. The van der Waals surface area contributed by atoms with Gasteiger partial charge in [0.1, 0.15) is 11.3 Å². The van der Waals surface area contributed by atoms with Gasteiger partial charge in [-0.1, -0.05) is 0 Å². The molecule has 0 bridgehead atoms. The van der Waals surface area contributed by atoms with Crippen molar-refractivity contribution in [2.75, 3.05) is 13.2 Å². The quantitative estimate of drug-likeness (QED) is 0.555. The van der Waals surface area contributed by atoms with E-state index in [1.807, 2.05) is 0 Å². The minimum absolute atomic E-state index is 0. The lowest BCUT2D eigenvalue weighted by molar-refractivity contribution is -0.385. The van der Waals surface area contributed by atoms with Gasteiger partial charge in [0.25, 0.3) is 11.6 Å². The van der Waals surface area contributed by atoms with Crippen LogP contribution in [-0.2, 0) is 0 Å². The molecule has 1 fully saturated rings. The van der Waals surface area contributed by atoms with E-state index in [2.05, 4.69) is 10.1 Å². The van der Waals surface area contributed by atoms with Crippen LogP contribution in [0.3, 0.4) is 0 Å². The van der Waals surface area contributed by atoms with Crippen molar-refractivity contribution in [3.05, 3.63) is 33.9 Å². The predicted octanol–water partition coefficient (Wildman–Crippen LogP) is 2.42. The van der Waals surface area contributed by atoms with E-state index in [-0.39, 0.29) is 36.3 Å². The Hall–Kier alpha value is -2.07. The summed E-state index contributed by atoms with van der Waals surface area (Å²) in [5.41, 5.74) is 4.94. The van der Waals surface area contributed by atoms with Crippen LogP contribution in [0.1, 0.15) is 23.2 Å². The second-order valence-electron chi connectivity index (χ2n) is 5.55. The topological polar surface area (TPSA) is 107 Å². The second kappa shape index (κ2) is 8.34. The smallest absolute Gasteiger partial charge is 0.422 e. The van der Waals surface area contributed by atoms with Crippen LogP contribution in [-0.4, -0.2) is 36.2 Å². The zero-order valence-electron chi connectivity index (χ0n) is 12.9. The number of hydrogen-bond donors (Lipinski definition) is 2. The van der Waals surface area contributed by atoms with Crippen molar-refractivity contribution >= 4 is 24.0 Å². The highest BCUT2D eigenvalue weighted by atomic mass is 35.5. The molecule has 11 heteroatoms. The number of benzene rings is 1. The van der Waals surface area contributed by atoms with Crippen LogP contribution in [0.5, 0.6) is 5.75 Å². The van der Waals surface area contributed by atoms with E-state index in [1.165, 1.54) is 0 Å². The molecule has 7 nitrogen and oxygen atoms in total. The highest BCUT2D eigenvalue weighted by Crippen LogP contribution is 2.31. The second-order valence-corrected chi connectivity index (χ2v) is 5.55. The molecule has 0 saturated heterocycles. The van der Waals surface area contributed by atoms with Gasteiger partial charge in [0.15, 0.2) is 6.61 Å². The predicted molar refractivity (Wildman–Crippen MR) is 84.9 cm³/mol. The summed E-state index contributed by atoms with van der Waals surface area (Å²) in [7, 11) is 0. The summed E-state index contributed by atoms with van der Waals surface area (Å²) in [4.78, 5) is 22.3. The lowest BCUT2D eigenvalue weighted by Gasteiger charge is -2.13. The Bertz CT molecular complexity index is 638. The standard InChI is InChI=1S/C14H16F3N3O4.ClH/c15-14(16,17)7-24-9-3-4-12(20(22)23)10(5-9)13(21)19-6-11(18)8-1-2-8;/h3-5,8,11H,1-2,6-7,18H2,(H,19,21);1H. The first kappa shape index (κ1) is 21.0. The van der Waals surface area contributed by atoms with E-state index in [1.54, 1.807) is 0 Å². The third-order valence-corrected chi connectivity index (χ3v) is 3.54. The van der Waals surface area contributed by atoms with Gasteiger partial charge in [0, 0.05) is 18.7 Å². The molecule has 1 aliphatic carbocycles. The van der Waals surface area contributed by atoms with Crippen molar-refractivity contribution in [2.45, 2.75) is 25.1 Å². The van der Waals surface area contributed by atoms with Crippen LogP contribution >= 0.6 is 12.4 Å². The number of hydrogen-bond acceptors (Lipinski definition) is 5. The molecule has 1 aromatic rings. The van der Waals surface area contributed by atoms with E-state index < -0.39 is 29.3 Å². The lowest BCUT2D eigenvalue weighted by atomic mass is 10.1. The summed E-state index contributed by atoms with van der Waals surface area (Å²) in [6.45, 7) is -1.42. The third-order valence-electron chi connectivity index (χ3n) is 3.54. The monoisotopic (exact) mass is 383 g/mol. The van der Waals surface area contributed by atoms with Crippen molar-refractivity contribution in [1.29, 1.82) is 0 Å². The van der Waals surface area contributed by atoms with Gasteiger partial charge in [-0.3, -0.25) is 14.9 Å². The first-order valence-corrected chi connectivity index (χ1v) is 7.19. The molecule has 140 valence electrons. The number of ether oxygens (including phenoxy) is 1. The summed E-state index contributed by atoms with van der Waals surface area (Å²) in [5.74, 6) is -0.744. The summed E-state index contributed by atoms with van der Waals surface area (Å²) < 4.78 is 41.0. The average molecular weight is 384 g/mol. The van der Waals surface area contributed by atoms with Gasteiger partial charge in [-0.05, 0) is 30.9 Å². The van der Waals surface area contributed by atoms with E-state index in [0.717, 1.165) is 31.0 Å². The molecule has 1 aliphatic rings. The van der Waals surface area contributed by atoms with Gasteiger partial charge in [0.05, 0.1) is 4.92 Å². The normalized spacial score (nSPS) is 15.0. The van der Waals surface area contributed by atoms with Crippen molar-refractivity contribution in [1.82, 2.24) is 5.32 Å². The number of nitrogens with one attached hydrogen (secondary N) is 1. The van der Waals surface area contributed by atoms with Crippen LogP contribution in [0.2, 0.25) is 0 Å². The molecule has 0 spiro atoms. The summed E-state index contributed by atoms with van der Waals surface area (Å²) in [5, 5.41) is 13.5. The molecular formula is C14H17ClF3N3O4. The molecule has 3 N–H and O–H groups in total. The van der Waals surface area contributed by atoms with Gasteiger partial charge >= 0.3 is 6.18 Å². The fourth-order valence-electron chi connectivity index (χ4n) is 2.11. The Morgan fingerprint density at radius 1 is 1.44 bits per heavy atom. The molecule has 1 unspecified atom stereocenters. The number of carbonyl (C=O) groups excluding carboxylic acids is 1. The van der Waals surface area contributed by atoms with Crippen molar-refractivity contribution < 1.29 is 27.6 Å². The zero-order valence-corrected chi connectivity index (χ0v) is 13.7. The molecule has 1 atom stereocenters. The highest BCUT2D eigenvalue weighted by molar-refractivity contribution is 5.98. The molecule has 0 aliphatic heterocycles. The Morgan fingerprint density at radius 2 is 2.08 bits per heavy atom. The SMILES string of the molecule is Cl.NC(CNC(=O)c1cc(OCC(F)(F)F)ccc1[N+](=O)[O-])C1CC1. The van der Waals surface area contributed by atoms with Crippen LogP contribution in [0.15, 0.2) is 18.2 Å². The van der Waals surface area contributed by atoms with Crippen LogP contribution < -0.4 is 15.8 Å². The first-order chi connectivity index (χ1) is 11.2. The number of carbonyl (C=O) groups is 1. The van der Waals surface area contributed by atoms with Gasteiger partial charge in [-0.2, -0.15) is 13.2 Å². The van der Waals surface area contributed by atoms with Gasteiger partial charge < -0.3 is 15.8 Å². The number of halogens is 4. The Morgan fingerprint density at radius 3 is 2.60 bits per heavy atom. The van der Waals surface area contributed by atoms with Crippen LogP contribution in [0, 0.1) is 16.0 Å². The fourth-order valence-corrected chi connectivity index (χ4v) is 2.11. The van der Waals surface area contributed by atoms with Crippen molar-refractivity contribution in [2.24, 2.45) is 11.7 Å². The van der Waals surface area contributed by atoms with Crippen LogP contribution in [0.25, 0.3) is 0 Å². The molecule has 1 amide bonds. The largest absolute Gasteiger partial charge is 0.484 e. The maximum atomic E-state index is 12.2. The molecule has 1 aromatic carbocycles. The van der Waals surface area contributed by atoms with Crippen LogP contribution in [0.4, 0.5) is 18.9 Å². The molecule has 1 saturated carbocycles. The maximum Gasteiger partial charge on any atom is 0.422 e. The lowest BCUT2D eigenvalue weighted by Crippen LogP contribution is -2.38. The number of amides is 1. The van der Waals surface area contributed by atoms with Gasteiger partial charge in [0.2, 0.25) is 0 Å². The molecule has 0 heterocycles.